The maximum absolute atomic E-state index is 13.4. The van der Waals surface area contributed by atoms with E-state index < -0.39 is 41.6 Å². The van der Waals surface area contributed by atoms with Gasteiger partial charge in [0, 0.05) is 29.3 Å². The largest absolute Gasteiger partial charge is 0.344 e. The van der Waals surface area contributed by atoms with Gasteiger partial charge in [0.25, 0.3) is 5.91 Å². The lowest BCUT2D eigenvalue weighted by Gasteiger charge is -2.22. The number of amides is 3. The van der Waals surface area contributed by atoms with Gasteiger partial charge in [-0.2, -0.15) is 0 Å². The fourth-order valence-electron chi connectivity index (χ4n) is 3.98. The summed E-state index contributed by atoms with van der Waals surface area (Å²) in [5.41, 5.74) is 2.49. The minimum Gasteiger partial charge on any atom is -0.344 e. The van der Waals surface area contributed by atoms with Crippen LogP contribution < -0.4 is 15.5 Å². The average molecular weight is 525 g/mol. The van der Waals surface area contributed by atoms with Crippen molar-refractivity contribution in [3.63, 3.8) is 0 Å². The Balaban J connectivity index is 1.55. The Bertz CT molecular complexity index is 1380. The zero-order valence-electron chi connectivity index (χ0n) is 20.0. The molecule has 3 aromatic carbocycles. The Morgan fingerprint density at radius 1 is 1.05 bits per heavy atom. The summed E-state index contributed by atoms with van der Waals surface area (Å²) >= 11 is 6.24. The molecule has 37 heavy (non-hydrogen) atoms. The molecule has 0 aliphatic carbocycles. The van der Waals surface area contributed by atoms with Crippen LogP contribution in [-0.4, -0.2) is 42.7 Å². The second kappa shape index (κ2) is 10.9. The predicted octanol–water partition coefficient (Wildman–Crippen LogP) is 3.62. The molecule has 0 spiro atoms. The number of fused-ring (bicyclic) bond motifs is 1. The van der Waals surface area contributed by atoms with E-state index in [4.69, 9.17) is 11.6 Å². The van der Waals surface area contributed by atoms with Gasteiger partial charge in [-0.3, -0.25) is 14.4 Å². The van der Waals surface area contributed by atoms with Crippen LogP contribution in [0.5, 0.6) is 0 Å². The standard InChI is InChI=1S/C27H23ClF2N4O3/c1-15(31-23(35)12-16-10-19(29)14-20(30)11-16)26(36)33-25-27(37)34(2)22-9-8-18(28)13-21(22)24(32-25)17-6-4-3-5-7-17/h3-11,13-15,25H,12H2,1-2H3,(H,31,35)(H,33,36). The third-order valence-corrected chi connectivity index (χ3v) is 6.02. The summed E-state index contributed by atoms with van der Waals surface area (Å²) in [6.07, 6.45) is -1.61. The SMILES string of the molecule is CC(NC(=O)Cc1cc(F)cc(F)c1)C(=O)NC1N=C(c2ccccc2)c2cc(Cl)ccc2N(C)C1=O. The van der Waals surface area contributed by atoms with Gasteiger partial charge in [0.05, 0.1) is 17.8 Å². The molecule has 0 bridgehead atoms. The summed E-state index contributed by atoms with van der Waals surface area (Å²) in [5, 5.41) is 5.53. The second-order valence-corrected chi connectivity index (χ2v) is 8.99. The lowest BCUT2D eigenvalue weighted by atomic mass is 10.0. The van der Waals surface area contributed by atoms with Gasteiger partial charge in [-0.05, 0) is 42.8 Å². The minimum absolute atomic E-state index is 0.122. The highest BCUT2D eigenvalue weighted by molar-refractivity contribution is 6.32. The van der Waals surface area contributed by atoms with Gasteiger partial charge in [-0.25, -0.2) is 13.8 Å². The van der Waals surface area contributed by atoms with Crippen LogP contribution in [-0.2, 0) is 20.8 Å². The molecular weight excluding hydrogens is 502 g/mol. The maximum Gasteiger partial charge on any atom is 0.272 e. The number of carbonyl (C=O) groups is 3. The van der Waals surface area contributed by atoms with E-state index in [1.165, 1.54) is 11.8 Å². The van der Waals surface area contributed by atoms with Crippen LogP contribution in [0.3, 0.4) is 0 Å². The molecule has 3 amide bonds. The molecule has 0 aromatic heterocycles. The van der Waals surface area contributed by atoms with Crippen LogP contribution in [0.25, 0.3) is 0 Å². The van der Waals surface area contributed by atoms with Crippen LogP contribution in [0.15, 0.2) is 71.7 Å². The first-order valence-electron chi connectivity index (χ1n) is 11.4. The Labute approximate surface area is 217 Å². The number of hydrogen-bond acceptors (Lipinski definition) is 4. The van der Waals surface area contributed by atoms with Crippen LogP contribution in [0, 0.1) is 11.6 Å². The number of carbonyl (C=O) groups excluding carboxylic acids is 3. The molecule has 2 atom stereocenters. The molecule has 0 saturated heterocycles. The van der Waals surface area contributed by atoms with E-state index in [1.54, 1.807) is 25.2 Å². The fraction of sp³-hybridized carbons (Fsp3) is 0.185. The number of benzodiazepines with no additional fused rings is 1. The van der Waals surface area contributed by atoms with Crippen molar-refractivity contribution in [1.29, 1.82) is 0 Å². The highest BCUT2D eigenvalue weighted by Crippen LogP contribution is 2.29. The first-order chi connectivity index (χ1) is 17.6. The molecule has 190 valence electrons. The third-order valence-electron chi connectivity index (χ3n) is 5.78. The van der Waals surface area contributed by atoms with E-state index in [0.717, 1.165) is 17.7 Å². The van der Waals surface area contributed by atoms with Crippen molar-refractivity contribution >= 4 is 40.7 Å². The van der Waals surface area contributed by atoms with Crippen molar-refractivity contribution in [2.24, 2.45) is 4.99 Å². The molecule has 1 aliphatic rings. The van der Waals surface area contributed by atoms with Gasteiger partial charge >= 0.3 is 0 Å². The average Bonchev–Trinajstić information content (AvgIpc) is 2.94. The lowest BCUT2D eigenvalue weighted by molar-refractivity contribution is -0.130. The van der Waals surface area contributed by atoms with Crippen LogP contribution in [0.2, 0.25) is 5.02 Å². The molecular formula is C27H23ClF2N4O3. The van der Waals surface area contributed by atoms with Gasteiger partial charge in [-0.15, -0.1) is 0 Å². The number of hydrogen-bond donors (Lipinski definition) is 2. The second-order valence-electron chi connectivity index (χ2n) is 8.56. The van der Waals surface area contributed by atoms with Crippen LogP contribution >= 0.6 is 11.6 Å². The minimum atomic E-state index is -1.28. The maximum atomic E-state index is 13.4. The van der Waals surface area contributed by atoms with Gasteiger partial charge in [0.2, 0.25) is 18.0 Å². The summed E-state index contributed by atoms with van der Waals surface area (Å²) in [6.45, 7) is 1.43. The van der Waals surface area contributed by atoms with Crippen molar-refractivity contribution in [1.82, 2.24) is 10.6 Å². The lowest BCUT2D eigenvalue weighted by Crippen LogP contribution is -2.52. The van der Waals surface area contributed by atoms with Crippen LogP contribution in [0.4, 0.5) is 14.5 Å². The summed E-state index contributed by atoms with van der Waals surface area (Å²) in [6, 6.07) is 16.0. The van der Waals surface area contributed by atoms with Crippen molar-refractivity contribution in [3.05, 3.63) is 100 Å². The monoisotopic (exact) mass is 524 g/mol. The Kier molecular flexibility index (Phi) is 7.63. The zero-order valence-corrected chi connectivity index (χ0v) is 20.7. The smallest absolute Gasteiger partial charge is 0.272 e. The van der Waals surface area contributed by atoms with Gasteiger partial charge in [-0.1, -0.05) is 41.9 Å². The number of benzene rings is 3. The van der Waals surface area contributed by atoms with E-state index in [-0.39, 0.29) is 12.0 Å². The molecule has 0 fully saturated rings. The third kappa shape index (κ3) is 6.00. The van der Waals surface area contributed by atoms with Crippen molar-refractivity contribution < 1.29 is 23.2 Å². The van der Waals surface area contributed by atoms with Crippen molar-refractivity contribution in [2.45, 2.75) is 25.6 Å². The molecule has 3 aromatic rings. The number of halogens is 3. The first kappa shape index (κ1) is 26.0. The summed E-state index contributed by atoms with van der Waals surface area (Å²) < 4.78 is 26.8. The van der Waals surface area contributed by atoms with Gasteiger partial charge < -0.3 is 15.5 Å². The molecule has 2 N–H and O–H groups in total. The highest BCUT2D eigenvalue weighted by atomic mass is 35.5. The predicted molar refractivity (Wildman–Crippen MR) is 137 cm³/mol. The molecule has 10 heteroatoms. The van der Waals surface area contributed by atoms with Crippen molar-refractivity contribution in [2.75, 3.05) is 11.9 Å². The topological polar surface area (TPSA) is 90.9 Å². The quantitative estimate of drug-likeness (QED) is 0.516. The van der Waals surface area contributed by atoms with Crippen molar-refractivity contribution in [3.8, 4) is 0 Å². The Morgan fingerprint density at radius 3 is 2.41 bits per heavy atom. The number of nitrogens with zero attached hydrogens (tertiary/aromatic N) is 2. The van der Waals surface area contributed by atoms with Gasteiger partial charge in [0.15, 0.2) is 0 Å². The number of likely N-dealkylation sites (N-methyl/N-ethyl adjacent to an activating group) is 1. The molecule has 4 rings (SSSR count). The normalized spacial score (nSPS) is 15.8. The molecule has 7 nitrogen and oxygen atoms in total. The number of nitrogens with one attached hydrogen (secondary N) is 2. The number of anilines is 1. The zero-order chi connectivity index (χ0) is 26.7. The highest BCUT2D eigenvalue weighted by Gasteiger charge is 2.32. The van der Waals surface area contributed by atoms with E-state index in [2.05, 4.69) is 15.6 Å². The van der Waals surface area contributed by atoms with Gasteiger partial charge in [0.1, 0.15) is 17.7 Å². The fourth-order valence-corrected chi connectivity index (χ4v) is 4.15. The molecule has 0 saturated carbocycles. The summed E-state index contributed by atoms with van der Waals surface area (Å²) in [4.78, 5) is 44.6. The van der Waals surface area contributed by atoms with Crippen LogP contribution in [0.1, 0.15) is 23.6 Å². The van der Waals surface area contributed by atoms with E-state index in [0.29, 0.717) is 28.1 Å². The number of rotatable bonds is 6. The Morgan fingerprint density at radius 2 is 1.73 bits per heavy atom. The molecule has 1 aliphatic heterocycles. The first-order valence-corrected chi connectivity index (χ1v) is 11.8. The van der Waals surface area contributed by atoms with E-state index in [1.807, 2.05) is 30.3 Å². The molecule has 0 radical (unpaired) electrons. The Hall–Kier alpha value is -4.11. The van der Waals surface area contributed by atoms with E-state index in [9.17, 15) is 23.2 Å². The molecule has 2 unspecified atom stereocenters. The summed E-state index contributed by atoms with van der Waals surface area (Å²) in [7, 11) is 1.57. The number of aliphatic imine (C=N–C) groups is 1. The molecule has 1 heterocycles. The summed E-state index contributed by atoms with van der Waals surface area (Å²) in [5.74, 6) is -3.38. The van der Waals surface area contributed by atoms with E-state index >= 15 is 0 Å².